The summed E-state index contributed by atoms with van der Waals surface area (Å²) in [6.45, 7) is 4.90. The Balaban J connectivity index is 3.09. The van der Waals surface area contributed by atoms with Crippen LogP contribution in [0.4, 0.5) is 5.69 Å². The number of carboxylic acids is 1. The summed E-state index contributed by atoms with van der Waals surface area (Å²) >= 11 is 0. The lowest BCUT2D eigenvalue weighted by Gasteiger charge is -2.22. The van der Waals surface area contributed by atoms with Crippen LogP contribution in [-0.4, -0.2) is 29.7 Å². The molecule has 5 heteroatoms. The quantitative estimate of drug-likeness (QED) is 0.858. The Morgan fingerprint density at radius 2 is 1.94 bits per heavy atom. The SMILES string of the molecule is COC(C)(C)C(=O)Nc1cccc(C)c1C(=O)O. The van der Waals surface area contributed by atoms with Gasteiger partial charge in [0.25, 0.3) is 5.91 Å². The lowest BCUT2D eigenvalue weighted by molar-refractivity contribution is -0.133. The van der Waals surface area contributed by atoms with Crippen molar-refractivity contribution in [3.8, 4) is 0 Å². The van der Waals surface area contributed by atoms with Crippen molar-refractivity contribution >= 4 is 17.6 Å². The summed E-state index contributed by atoms with van der Waals surface area (Å²) in [4.78, 5) is 23.1. The average molecular weight is 251 g/mol. The van der Waals surface area contributed by atoms with Crippen molar-refractivity contribution in [2.75, 3.05) is 12.4 Å². The minimum atomic E-state index is -1.07. The summed E-state index contributed by atoms with van der Waals surface area (Å²) < 4.78 is 5.04. The second kappa shape index (κ2) is 5.18. The minimum Gasteiger partial charge on any atom is -0.478 e. The molecule has 0 aliphatic carbocycles. The molecule has 0 bridgehead atoms. The molecular weight excluding hydrogens is 234 g/mol. The van der Waals surface area contributed by atoms with E-state index in [1.165, 1.54) is 7.11 Å². The molecule has 0 aliphatic heterocycles. The molecule has 1 aromatic rings. The lowest BCUT2D eigenvalue weighted by Crippen LogP contribution is -2.39. The number of rotatable bonds is 4. The molecule has 1 amide bonds. The van der Waals surface area contributed by atoms with Crippen LogP contribution in [0.2, 0.25) is 0 Å². The van der Waals surface area contributed by atoms with Gasteiger partial charge in [-0.3, -0.25) is 4.79 Å². The zero-order chi connectivity index (χ0) is 13.9. The predicted octanol–water partition coefficient (Wildman–Crippen LogP) is 2.06. The predicted molar refractivity (Wildman–Crippen MR) is 67.9 cm³/mol. The summed E-state index contributed by atoms with van der Waals surface area (Å²) in [5, 5.41) is 11.7. The van der Waals surface area contributed by atoms with Gasteiger partial charge in [-0.15, -0.1) is 0 Å². The second-order valence-electron chi connectivity index (χ2n) is 4.47. The lowest BCUT2D eigenvalue weighted by atomic mass is 10.0. The maximum absolute atomic E-state index is 11.9. The third-order valence-electron chi connectivity index (χ3n) is 2.79. The van der Waals surface area contributed by atoms with Crippen molar-refractivity contribution in [2.24, 2.45) is 0 Å². The Morgan fingerprint density at radius 3 is 2.44 bits per heavy atom. The zero-order valence-corrected chi connectivity index (χ0v) is 10.9. The van der Waals surface area contributed by atoms with E-state index in [0.29, 0.717) is 5.56 Å². The molecule has 0 fully saturated rings. The largest absolute Gasteiger partial charge is 0.478 e. The number of nitrogens with one attached hydrogen (secondary N) is 1. The Morgan fingerprint density at radius 1 is 1.33 bits per heavy atom. The molecule has 0 radical (unpaired) electrons. The van der Waals surface area contributed by atoms with Crippen molar-refractivity contribution in [2.45, 2.75) is 26.4 Å². The number of carboxylic acid groups (broad SMARTS) is 1. The molecule has 1 rings (SSSR count). The molecular formula is C13H17NO4. The maximum Gasteiger partial charge on any atom is 0.338 e. The highest BCUT2D eigenvalue weighted by Crippen LogP contribution is 2.21. The second-order valence-corrected chi connectivity index (χ2v) is 4.47. The summed E-state index contributed by atoms with van der Waals surface area (Å²) in [6.07, 6.45) is 0. The summed E-state index contributed by atoms with van der Waals surface area (Å²) in [5.41, 5.74) is -0.0506. The first-order valence-electron chi connectivity index (χ1n) is 5.49. The maximum atomic E-state index is 11.9. The van der Waals surface area contributed by atoms with Gasteiger partial charge in [-0.25, -0.2) is 4.79 Å². The van der Waals surface area contributed by atoms with E-state index in [1.54, 1.807) is 39.0 Å². The summed E-state index contributed by atoms with van der Waals surface area (Å²) in [5.74, 6) is -1.46. The Bertz CT molecular complexity index is 480. The van der Waals surface area contributed by atoms with Crippen molar-refractivity contribution < 1.29 is 19.4 Å². The fourth-order valence-electron chi connectivity index (χ4n) is 1.42. The molecule has 5 nitrogen and oxygen atoms in total. The molecule has 2 N–H and O–H groups in total. The smallest absolute Gasteiger partial charge is 0.338 e. The van der Waals surface area contributed by atoms with Gasteiger partial charge in [0, 0.05) is 7.11 Å². The average Bonchev–Trinajstić information content (AvgIpc) is 2.28. The van der Waals surface area contributed by atoms with Gasteiger partial charge in [-0.1, -0.05) is 12.1 Å². The van der Waals surface area contributed by atoms with Gasteiger partial charge in [0.1, 0.15) is 5.60 Å². The van der Waals surface area contributed by atoms with Gasteiger partial charge in [0.15, 0.2) is 0 Å². The molecule has 0 heterocycles. The van der Waals surface area contributed by atoms with Crippen LogP contribution in [0.15, 0.2) is 18.2 Å². The fourth-order valence-corrected chi connectivity index (χ4v) is 1.42. The van der Waals surface area contributed by atoms with Crippen molar-refractivity contribution in [1.29, 1.82) is 0 Å². The first kappa shape index (κ1) is 14.2. The van der Waals surface area contributed by atoms with Crippen LogP contribution in [0.25, 0.3) is 0 Å². The molecule has 0 unspecified atom stereocenters. The summed E-state index contributed by atoms with van der Waals surface area (Å²) in [6, 6.07) is 4.93. The zero-order valence-electron chi connectivity index (χ0n) is 10.9. The number of ether oxygens (including phenoxy) is 1. The monoisotopic (exact) mass is 251 g/mol. The van der Waals surface area contributed by atoms with Gasteiger partial charge in [-0.2, -0.15) is 0 Å². The standard InChI is InChI=1S/C13H17NO4/c1-8-6-5-7-9(10(8)11(15)16)14-12(17)13(2,3)18-4/h5-7H,1-4H3,(H,14,17)(H,15,16). The van der Waals surface area contributed by atoms with E-state index >= 15 is 0 Å². The normalized spacial score (nSPS) is 11.1. The molecule has 98 valence electrons. The van der Waals surface area contributed by atoms with Crippen LogP contribution < -0.4 is 5.32 Å². The van der Waals surface area contributed by atoms with Crippen LogP contribution in [-0.2, 0) is 9.53 Å². The molecule has 0 atom stereocenters. The van der Waals surface area contributed by atoms with Gasteiger partial charge in [-0.05, 0) is 32.4 Å². The number of carbonyl (C=O) groups excluding carboxylic acids is 1. The van der Waals surface area contributed by atoms with Crippen LogP contribution in [0, 0.1) is 6.92 Å². The van der Waals surface area contributed by atoms with E-state index in [9.17, 15) is 9.59 Å². The van der Waals surface area contributed by atoms with Gasteiger partial charge in [0.05, 0.1) is 11.3 Å². The first-order chi connectivity index (χ1) is 8.29. The number of amides is 1. The molecule has 0 saturated carbocycles. The molecule has 0 spiro atoms. The number of benzene rings is 1. The molecule has 1 aromatic carbocycles. The number of methoxy groups -OCH3 is 1. The highest BCUT2D eigenvalue weighted by atomic mass is 16.5. The van der Waals surface area contributed by atoms with E-state index in [1.807, 2.05) is 0 Å². The van der Waals surface area contributed by atoms with E-state index in [-0.39, 0.29) is 11.3 Å². The number of hydrogen-bond acceptors (Lipinski definition) is 3. The number of carbonyl (C=O) groups is 2. The van der Waals surface area contributed by atoms with Crippen LogP contribution in [0.5, 0.6) is 0 Å². The fraction of sp³-hybridized carbons (Fsp3) is 0.385. The third kappa shape index (κ3) is 2.87. The Hall–Kier alpha value is -1.88. The Labute approximate surface area is 106 Å². The highest BCUT2D eigenvalue weighted by Gasteiger charge is 2.28. The van der Waals surface area contributed by atoms with Gasteiger partial charge < -0.3 is 15.2 Å². The van der Waals surface area contributed by atoms with E-state index in [2.05, 4.69) is 5.32 Å². The molecule has 0 aliphatic rings. The Kier molecular flexibility index (Phi) is 4.08. The highest BCUT2D eigenvalue weighted by molar-refractivity contribution is 6.03. The molecule has 0 aromatic heterocycles. The van der Waals surface area contributed by atoms with Crippen molar-refractivity contribution in [3.05, 3.63) is 29.3 Å². The van der Waals surface area contributed by atoms with Crippen LogP contribution in [0.1, 0.15) is 29.8 Å². The number of hydrogen-bond donors (Lipinski definition) is 2. The van der Waals surface area contributed by atoms with Gasteiger partial charge in [0.2, 0.25) is 0 Å². The summed E-state index contributed by atoms with van der Waals surface area (Å²) in [7, 11) is 1.42. The number of anilines is 1. The number of aryl methyl sites for hydroxylation is 1. The van der Waals surface area contributed by atoms with Crippen LogP contribution >= 0.6 is 0 Å². The van der Waals surface area contributed by atoms with Crippen molar-refractivity contribution in [1.82, 2.24) is 0 Å². The van der Waals surface area contributed by atoms with Gasteiger partial charge >= 0.3 is 5.97 Å². The minimum absolute atomic E-state index is 0.0951. The van der Waals surface area contributed by atoms with Crippen LogP contribution in [0.3, 0.4) is 0 Å². The van der Waals surface area contributed by atoms with Crippen molar-refractivity contribution in [3.63, 3.8) is 0 Å². The van der Waals surface area contributed by atoms with E-state index in [0.717, 1.165) is 0 Å². The first-order valence-corrected chi connectivity index (χ1v) is 5.49. The third-order valence-corrected chi connectivity index (χ3v) is 2.79. The van der Waals surface area contributed by atoms with E-state index < -0.39 is 17.5 Å². The molecule has 0 saturated heterocycles. The van der Waals surface area contributed by atoms with E-state index in [4.69, 9.17) is 9.84 Å². The topological polar surface area (TPSA) is 75.6 Å². The molecule has 18 heavy (non-hydrogen) atoms. The number of aromatic carboxylic acids is 1.